The number of fused-ring (bicyclic) bond motifs is 10. The van der Waals surface area contributed by atoms with Crippen molar-refractivity contribution in [3.05, 3.63) is 163 Å². The van der Waals surface area contributed by atoms with Crippen LogP contribution in [0.3, 0.4) is 0 Å². The van der Waals surface area contributed by atoms with E-state index < -0.39 is 0 Å². The third-order valence-electron chi connectivity index (χ3n) is 9.79. The molecule has 226 valence electrons. The molecular weight excluding hydrogens is 601 g/mol. The second-order valence-corrected chi connectivity index (χ2v) is 12.3. The summed E-state index contributed by atoms with van der Waals surface area (Å²) in [6.45, 7) is 8.27. The van der Waals surface area contributed by atoms with Crippen molar-refractivity contribution in [2.45, 2.75) is 0 Å². The van der Waals surface area contributed by atoms with E-state index in [2.05, 4.69) is 98.9 Å². The van der Waals surface area contributed by atoms with Crippen LogP contribution in [0.1, 0.15) is 5.56 Å². The minimum atomic E-state index is 0.480. The van der Waals surface area contributed by atoms with E-state index in [1.807, 2.05) is 66.7 Å². The zero-order chi connectivity index (χ0) is 32.6. The van der Waals surface area contributed by atoms with Crippen LogP contribution in [-0.2, 0) is 0 Å². The average molecular weight is 625 g/mol. The van der Waals surface area contributed by atoms with Gasteiger partial charge in [-0.2, -0.15) is 5.26 Å². The Labute approximate surface area is 280 Å². The molecule has 49 heavy (non-hydrogen) atoms. The molecule has 3 heterocycles. The summed E-state index contributed by atoms with van der Waals surface area (Å²) < 4.78 is 10.7. The van der Waals surface area contributed by atoms with Crippen LogP contribution in [0.25, 0.3) is 92.9 Å². The number of hydrogen-bond donors (Lipinski definition) is 0. The topological polar surface area (TPSA) is 51.1 Å². The van der Waals surface area contributed by atoms with Gasteiger partial charge >= 0.3 is 0 Å². The molecule has 10 aromatic rings. The first-order valence-electron chi connectivity index (χ1n) is 16.1. The van der Waals surface area contributed by atoms with Crippen LogP contribution in [0.2, 0.25) is 0 Å². The minimum Gasteiger partial charge on any atom is -0.456 e. The lowest BCUT2D eigenvalue weighted by Gasteiger charge is -2.14. The molecule has 7 aromatic carbocycles. The van der Waals surface area contributed by atoms with E-state index in [-0.39, 0.29) is 0 Å². The van der Waals surface area contributed by atoms with E-state index in [4.69, 9.17) is 11.0 Å². The summed E-state index contributed by atoms with van der Waals surface area (Å²) in [5.74, 6) is 0. The molecule has 0 aliphatic heterocycles. The number of nitrogens with zero attached hydrogens (tertiary/aromatic N) is 4. The zero-order valence-electron chi connectivity index (χ0n) is 26.1. The van der Waals surface area contributed by atoms with E-state index in [0.29, 0.717) is 11.3 Å². The van der Waals surface area contributed by atoms with E-state index >= 15 is 0 Å². The molecule has 0 bridgehead atoms. The van der Waals surface area contributed by atoms with Gasteiger partial charge in [0.1, 0.15) is 11.2 Å². The molecule has 0 saturated carbocycles. The van der Waals surface area contributed by atoms with Gasteiger partial charge in [-0.15, -0.1) is 0 Å². The molecule has 0 N–H and O–H groups in total. The number of hydrogen-bond acceptors (Lipinski definition) is 2. The zero-order valence-corrected chi connectivity index (χ0v) is 26.1. The van der Waals surface area contributed by atoms with Gasteiger partial charge in [-0.05, 0) is 71.8 Å². The summed E-state index contributed by atoms with van der Waals surface area (Å²) >= 11 is 0. The highest BCUT2D eigenvalue weighted by atomic mass is 16.3. The van der Waals surface area contributed by atoms with Crippen molar-refractivity contribution in [3.63, 3.8) is 0 Å². The van der Waals surface area contributed by atoms with E-state index in [1.54, 1.807) is 0 Å². The largest absolute Gasteiger partial charge is 0.456 e. The Bertz CT molecular complexity index is 3030. The van der Waals surface area contributed by atoms with Crippen molar-refractivity contribution in [3.8, 4) is 28.6 Å². The van der Waals surface area contributed by atoms with Crippen LogP contribution in [0.5, 0.6) is 0 Å². The van der Waals surface area contributed by atoms with Gasteiger partial charge < -0.3 is 13.6 Å². The predicted molar refractivity (Wildman–Crippen MR) is 199 cm³/mol. The Morgan fingerprint density at radius 1 is 0.531 bits per heavy atom. The third-order valence-corrected chi connectivity index (χ3v) is 9.79. The molecule has 0 amide bonds. The van der Waals surface area contributed by atoms with E-state index in [9.17, 15) is 5.26 Å². The minimum absolute atomic E-state index is 0.480. The summed E-state index contributed by atoms with van der Waals surface area (Å²) in [5, 5.41) is 17.1. The van der Waals surface area contributed by atoms with Crippen molar-refractivity contribution in [2.24, 2.45) is 0 Å². The molecule has 10 rings (SSSR count). The van der Waals surface area contributed by atoms with Crippen LogP contribution >= 0.6 is 0 Å². The first-order valence-corrected chi connectivity index (χ1v) is 16.1. The molecule has 0 fully saturated rings. The summed E-state index contributed by atoms with van der Waals surface area (Å²) in [5.41, 5.74) is 10.1. The second kappa shape index (κ2) is 10.2. The summed E-state index contributed by atoms with van der Waals surface area (Å²) in [7, 11) is 0. The lowest BCUT2D eigenvalue weighted by Crippen LogP contribution is -1.97. The van der Waals surface area contributed by atoms with Crippen molar-refractivity contribution < 1.29 is 4.42 Å². The maximum Gasteiger partial charge on any atom is 0.197 e. The fraction of sp³-hybridized carbons (Fsp3) is 0. The molecule has 0 radical (unpaired) electrons. The summed E-state index contributed by atoms with van der Waals surface area (Å²) in [4.78, 5) is 4.01. The molecule has 0 atom stereocenters. The van der Waals surface area contributed by atoms with Gasteiger partial charge in [0.15, 0.2) is 5.69 Å². The van der Waals surface area contributed by atoms with Crippen LogP contribution < -0.4 is 0 Å². The smallest absolute Gasteiger partial charge is 0.197 e. The molecule has 0 unspecified atom stereocenters. The third kappa shape index (κ3) is 3.79. The molecule has 5 heteroatoms. The highest BCUT2D eigenvalue weighted by Gasteiger charge is 2.21. The van der Waals surface area contributed by atoms with Crippen molar-refractivity contribution >= 4 is 71.2 Å². The Morgan fingerprint density at radius 3 is 1.78 bits per heavy atom. The molecule has 0 spiro atoms. The van der Waals surface area contributed by atoms with Gasteiger partial charge in [-0.1, -0.05) is 84.9 Å². The highest BCUT2D eigenvalue weighted by Crippen LogP contribution is 2.43. The fourth-order valence-electron chi connectivity index (χ4n) is 7.71. The van der Waals surface area contributed by atoms with E-state index in [1.165, 1.54) is 0 Å². The Morgan fingerprint density at radius 2 is 1.10 bits per heavy atom. The van der Waals surface area contributed by atoms with Crippen molar-refractivity contribution in [2.75, 3.05) is 0 Å². The average Bonchev–Trinajstić information content (AvgIpc) is 3.82. The fourth-order valence-corrected chi connectivity index (χ4v) is 7.71. The Hall–Kier alpha value is -7.08. The second-order valence-electron chi connectivity index (χ2n) is 12.3. The van der Waals surface area contributed by atoms with Crippen molar-refractivity contribution in [1.29, 1.82) is 5.26 Å². The first kappa shape index (κ1) is 27.1. The van der Waals surface area contributed by atoms with Crippen LogP contribution in [-0.4, -0.2) is 9.13 Å². The molecule has 0 aliphatic carbocycles. The maximum absolute atomic E-state index is 10.5. The lowest BCUT2D eigenvalue weighted by atomic mass is 9.97. The summed E-state index contributed by atoms with van der Waals surface area (Å²) in [6.07, 6.45) is 0. The normalized spacial score (nSPS) is 11.6. The van der Waals surface area contributed by atoms with Crippen LogP contribution in [0, 0.1) is 17.9 Å². The van der Waals surface area contributed by atoms with Crippen molar-refractivity contribution in [1.82, 2.24) is 9.13 Å². The molecule has 5 nitrogen and oxygen atoms in total. The SMILES string of the molecule is [C-]#[N+]c1cc(-n2c3ccccc3c3ccc4oc5ccccc5c4c32)ccc1-c1ccc(-n2c3ccccc3c3ccccc32)cc1C#N. The monoisotopic (exact) mass is 624 g/mol. The standard InChI is InChI=1S/C44H24N4O/c1-46-37-25-29(48-40-16-8-4-12-34(40)35-22-23-42-43(44(35)48)36-13-5-9-17-41(36)49-42)19-21-31(37)30-20-18-28(24-27(30)26-45)47-38-14-6-2-10-32(38)33-11-3-7-15-39(33)47/h2-25H. The van der Waals surface area contributed by atoms with Gasteiger partial charge in [-0.25, -0.2) is 4.85 Å². The number of nitriles is 1. The number of furan rings is 1. The maximum atomic E-state index is 10.5. The molecule has 0 aliphatic rings. The van der Waals surface area contributed by atoms with Crippen LogP contribution in [0.15, 0.2) is 150 Å². The number of aromatic nitrogens is 2. The molecule has 3 aromatic heterocycles. The number of rotatable bonds is 3. The van der Waals surface area contributed by atoms with Gasteiger partial charge in [-0.3, -0.25) is 0 Å². The lowest BCUT2D eigenvalue weighted by molar-refractivity contribution is 0.669. The van der Waals surface area contributed by atoms with Gasteiger partial charge in [0.2, 0.25) is 0 Å². The highest BCUT2D eigenvalue weighted by molar-refractivity contribution is 6.24. The Balaban J connectivity index is 1.18. The van der Waals surface area contributed by atoms with E-state index in [0.717, 1.165) is 88.1 Å². The van der Waals surface area contributed by atoms with Gasteiger partial charge in [0.25, 0.3) is 0 Å². The molecular formula is C44H24N4O. The first-order chi connectivity index (χ1) is 24.2. The number of benzene rings is 7. The summed E-state index contributed by atoms with van der Waals surface area (Å²) in [6, 6.07) is 51.7. The van der Waals surface area contributed by atoms with Gasteiger partial charge in [0, 0.05) is 38.3 Å². The Kier molecular flexibility index (Phi) is 5.64. The van der Waals surface area contributed by atoms with Crippen LogP contribution in [0.4, 0.5) is 5.69 Å². The van der Waals surface area contributed by atoms with Gasteiger partial charge in [0.05, 0.1) is 45.7 Å². The quantitative estimate of drug-likeness (QED) is 0.184. The predicted octanol–water partition coefficient (Wildman–Crippen LogP) is 11.9. The number of para-hydroxylation sites is 4. The molecule has 0 saturated heterocycles.